The SMILES string of the molecule is Cc1cc(C(=O)N2CCCCC2CC(=O)O)c(C)s1. The molecule has 4 nitrogen and oxygen atoms in total. The van der Waals surface area contributed by atoms with Gasteiger partial charge in [-0.1, -0.05) is 0 Å². The molecule has 1 unspecified atom stereocenters. The van der Waals surface area contributed by atoms with Gasteiger partial charge < -0.3 is 10.0 Å². The summed E-state index contributed by atoms with van der Waals surface area (Å²) in [5, 5.41) is 8.96. The maximum absolute atomic E-state index is 12.6. The van der Waals surface area contributed by atoms with Crippen molar-refractivity contribution in [2.75, 3.05) is 6.54 Å². The van der Waals surface area contributed by atoms with Crippen LogP contribution in [0.15, 0.2) is 6.07 Å². The lowest BCUT2D eigenvalue weighted by Crippen LogP contribution is -2.44. The fourth-order valence-corrected chi connectivity index (χ4v) is 3.60. The molecule has 1 N–H and O–H groups in total. The molecule has 1 atom stereocenters. The summed E-state index contributed by atoms with van der Waals surface area (Å²) in [4.78, 5) is 27.4. The third kappa shape index (κ3) is 3.15. The van der Waals surface area contributed by atoms with Gasteiger partial charge in [0.25, 0.3) is 5.91 Å². The minimum atomic E-state index is -0.831. The zero-order valence-corrected chi connectivity index (χ0v) is 12.1. The van der Waals surface area contributed by atoms with Gasteiger partial charge >= 0.3 is 5.97 Å². The molecule has 1 aromatic heterocycles. The van der Waals surface area contributed by atoms with E-state index in [-0.39, 0.29) is 18.4 Å². The summed E-state index contributed by atoms with van der Waals surface area (Å²) >= 11 is 1.61. The summed E-state index contributed by atoms with van der Waals surface area (Å²) in [6.07, 6.45) is 2.81. The highest BCUT2D eigenvalue weighted by Crippen LogP contribution is 2.26. The van der Waals surface area contributed by atoms with Crippen molar-refractivity contribution in [1.29, 1.82) is 0 Å². The van der Waals surface area contributed by atoms with Crippen LogP contribution in [0.3, 0.4) is 0 Å². The third-order valence-corrected chi connectivity index (χ3v) is 4.54. The Morgan fingerprint density at radius 3 is 2.74 bits per heavy atom. The van der Waals surface area contributed by atoms with Crippen molar-refractivity contribution in [3.8, 4) is 0 Å². The summed E-state index contributed by atoms with van der Waals surface area (Å²) in [5.41, 5.74) is 0.736. The lowest BCUT2D eigenvalue weighted by atomic mass is 9.98. The highest BCUT2D eigenvalue weighted by molar-refractivity contribution is 7.12. The Bertz CT molecular complexity index is 495. The molecule has 104 valence electrons. The Balaban J connectivity index is 2.19. The number of rotatable bonds is 3. The van der Waals surface area contributed by atoms with Gasteiger partial charge in [0.1, 0.15) is 0 Å². The summed E-state index contributed by atoms with van der Waals surface area (Å²) in [6.45, 7) is 4.60. The first-order valence-electron chi connectivity index (χ1n) is 6.59. The van der Waals surface area contributed by atoms with Gasteiger partial charge in [-0.3, -0.25) is 9.59 Å². The maximum Gasteiger partial charge on any atom is 0.305 e. The number of hydrogen-bond acceptors (Lipinski definition) is 3. The van der Waals surface area contributed by atoms with Gasteiger partial charge in [0.2, 0.25) is 0 Å². The molecule has 2 rings (SSSR count). The zero-order valence-electron chi connectivity index (χ0n) is 11.3. The number of aliphatic carboxylic acids is 1. The molecule has 0 saturated carbocycles. The minimum absolute atomic E-state index is 0.00667. The van der Waals surface area contributed by atoms with Crippen LogP contribution in [-0.2, 0) is 4.79 Å². The number of carboxylic acids is 1. The van der Waals surface area contributed by atoms with Gasteiger partial charge in [-0.25, -0.2) is 0 Å². The van der Waals surface area contributed by atoms with E-state index < -0.39 is 5.97 Å². The standard InChI is InChI=1S/C14H19NO3S/c1-9-7-12(10(2)19-9)14(18)15-6-4-3-5-11(15)8-13(16)17/h7,11H,3-6,8H2,1-2H3,(H,16,17). The van der Waals surface area contributed by atoms with Gasteiger partial charge in [0, 0.05) is 22.3 Å². The van der Waals surface area contributed by atoms with Crippen molar-refractivity contribution in [3.05, 3.63) is 21.4 Å². The van der Waals surface area contributed by atoms with E-state index in [9.17, 15) is 9.59 Å². The van der Waals surface area contributed by atoms with Gasteiger partial charge in [-0.05, 0) is 39.2 Å². The Morgan fingerprint density at radius 2 is 2.16 bits per heavy atom. The molecule has 0 spiro atoms. The predicted octanol–water partition coefficient (Wildman–Crippen LogP) is 2.83. The molecule has 5 heteroatoms. The molecule has 1 aromatic rings. The van der Waals surface area contributed by atoms with Gasteiger partial charge in [0.05, 0.1) is 12.0 Å². The van der Waals surface area contributed by atoms with Crippen LogP contribution in [0.1, 0.15) is 45.8 Å². The molecule has 2 heterocycles. The van der Waals surface area contributed by atoms with Crippen LogP contribution in [0.25, 0.3) is 0 Å². The second kappa shape index (κ2) is 5.74. The zero-order chi connectivity index (χ0) is 14.0. The molecule has 0 radical (unpaired) electrons. The van der Waals surface area contributed by atoms with Crippen LogP contribution >= 0.6 is 11.3 Å². The number of nitrogens with zero attached hydrogens (tertiary/aromatic N) is 1. The molecule has 1 aliphatic rings. The van der Waals surface area contributed by atoms with Gasteiger partial charge in [-0.15, -0.1) is 11.3 Å². The number of piperidine rings is 1. The average molecular weight is 281 g/mol. The number of carbonyl (C=O) groups excluding carboxylic acids is 1. The fraction of sp³-hybridized carbons (Fsp3) is 0.571. The highest BCUT2D eigenvalue weighted by Gasteiger charge is 2.30. The number of carboxylic acid groups (broad SMARTS) is 1. The molecule has 1 saturated heterocycles. The second-order valence-corrected chi connectivity index (χ2v) is 6.53. The number of amides is 1. The number of hydrogen-bond donors (Lipinski definition) is 1. The van der Waals surface area contributed by atoms with E-state index in [2.05, 4.69) is 0 Å². The predicted molar refractivity (Wildman–Crippen MR) is 74.7 cm³/mol. The molecule has 0 bridgehead atoms. The topological polar surface area (TPSA) is 57.6 Å². The third-order valence-electron chi connectivity index (χ3n) is 3.57. The Hall–Kier alpha value is -1.36. The molecule has 0 aliphatic carbocycles. The van der Waals surface area contributed by atoms with E-state index in [1.807, 2.05) is 19.9 Å². The van der Waals surface area contributed by atoms with Crippen LogP contribution in [0, 0.1) is 13.8 Å². The Morgan fingerprint density at radius 1 is 1.42 bits per heavy atom. The van der Waals surface area contributed by atoms with E-state index >= 15 is 0 Å². The number of likely N-dealkylation sites (tertiary alicyclic amines) is 1. The van der Waals surface area contributed by atoms with Crippen LogP contribution < -0.4 is 0 Å². The number of aryl methyl sites for hydroxylation is 2. The van der Waals surface area contributed by atoms with E-state index in [1.54, 1.807) is 16.2 Å². The van der Waals surface area contributed by atoms with Crippen molar-refractivity contribution < 1.29 is 14.7 Å². The van der Waals surface area contributed by atoms with Gasteiger partial charge in [-0.2, -0.15) is 0 Å². The van der Waals surface area contributed by atoms with Crippen molar-refractivity contribution in [2.45, 2.75) is 45.6 Å². The van der Waals surface area contributed by atoms with Crippen LogP contribution in [0.5, 0.6) is 0 Å². The van der Waals surface area contributed by atoms with Crippen molar-refractivity contribution in [3.63, 3.8) is 0 Å². The summed E-state index contributed by atoms with van der Waals surface area (Å²) in [7, 11) is 0. The lowest BCUT2D eigenvalue weighted by Gasteiger charge is -2.35. The number of carbonyl (C=O) groups is 2. The first kappa shape index (κ1) is 14.1. The molecule has 1 aliphatic heterocycles. The smallest absolute Gasteiger partial charge is 0.305 e. The van der Waals surface area contributed by atoms with Crippen molar-refractivity contribution in [1.82, 2.24) is 4.90 Å². The average Bonchev–Trinajstić information content (AvgIpc) is 2.67. The van der Waals surface area contributed by atoms with E-state index in [0.717, 1.165) is 34.6 Å². The van der Waals surface area contributed by atoms with Crippen molar-refractivity contribution >= 4 is 23.2 Å². The van der Waals surface area contributed by atoms with Gasteiger partial charge in [0.15, 0.2) is 0 Å². The lowest BCUT2D eigenvalue weighted by molar-refractivity contribution is -0.138. The summed E-state index contributed by atoms with van der Waals surface area (Å²) in [6, 6.07) is 1.76. The Kier molecular flexibility index (Phi) is 4.24. The first-order valence-corrected chi connectivity index (χ1v) is 7.40. The molecule has 0 aromatic carbocycles. The molecule has 1 amide bonds. The molecule has 1 fully saturated rings. The van der Waals surface area contributed by atoms with E-state index in [1.165, 1.54) is 0 Å². The van der Waals surface area contributed by atoms with Crippen LogP contribution in [0.2, 0.25) is 0 Å². The first-order chi connectivity index (χ1) is 8.99. The second-order valence-electron chi connectivity index (χ2n) is 5.07. The van der Waals surface area contributed by atoms with E-state index in [0.29, 0.717) is 6.54 Å². The van der Waals surface area contributed by atoms with E-state index in [4.69, 9.17) is 5.11 Å². The summed E-state index contributed by atoms with van der Waals surface area (Å²) < 4.78 is 0. The van der Waals surface area contributed by atoms with Crippen LogP contribution in [-0.4, -0.2) is 34.5 Å². The quantitative estimate of drug-likeness (QED) is 0.927. The Labute approximate surface area is 117 Å². The normalized spacial score (nSPS) is 19.5. The van der Waals surface area contributed by atoms with Crippen LogP contribution in [0.4, 0.5) is 0 Å². The number of thiophene rings is 1. The highest BCUT2D eigenvalue weighted by atomic mass is 32.1. The largest absolute Gasteiger partial charge is 0.481 e. The molecular formula is C14H19NO3S. The monoisotopic (exact) mass is 281 g/mol. The molecule has 19 heavy (non-hydrogen) atoms. The minimum Gasteiger partial charge on any atom is -0.481 e. The maximum atomic E-state index is 12.6. The molecular weight excluding hydrogens is 262 g/mol. The fourth-order valence-electron chi connectivity index (χ4n) is 2.68. The summed E-state index contributed by atoms with van der Waals surface area (Å²) in [5.74, 6) is -0.837. The van der Waals surface area contributed by atoms with Crippen molar-refractivity contribution in [2.24, 2.45) is 0 Å².